The quantitative estimate of drug-likeness (QED) is 0.532. The fraction of sp³-hybridized carbons (Fsp3) is 0.286. The van der Waals surface area contributed by atoms with E-state index in [4.69, 9.17) is 10.8 Å². The SMILES string of the molecule is NC(=O)CC(NC(=O)Nc1cnns1)C(=O)O. The number of carboxylic acids is 1. The molecule has 1 heterocycles. The third-order valence-electron chi connectivity index (χ3n) is 1.61. The summed E-state index contributed by atoms with van der Waals surface area (Å²) in [6, 6.07) is -2.14. The van der Waals surface area contributed by atoms with Crippen molar-refractivity contribution in [2.75, 3.05) is 5.32 Å². The standard InChI is InChI=1S/C7H9N5O4S/c8-4(13)1-3(6(14)15)10-7(16)11-5-2-9-12-17-5/h2-3H,1H2,(H2,8,13)(H,14,15)(H2,10,11,16). The van der Waals surface area contributed by atoms with Crippen LogP contribution >= 0.6 is 11.5 Å². The molecule has 0 radical (unpaired) electrons. The van der Waals surface area contributed by atoms with E-state index in [-0.39, 0.29) is 0 Å². The number of nitrogens with one attached hydrogen (secondary N) is 2. The van der Waals surface area contributed by atoms with Crippen LogP contribution in [-0.2, 0) is 9.59 Å². The zero-order valence-corrected chi connectivity index (χ0v) is 9.23. The molecule has 10 heteroatoms. The molecule has 0 spiro atoms. The molecular weight excluding hydrogens is 250 g/mol. The minimum Gasteiger partial charge on any atom is -0.480 e. The number of aliphatic carboxylic acids is 1. The summed E-state index contributed by atoms with van der Waals surface area (Å²) in [4.78, 5) is 32.6. The highest BCUT2D eigenvalue weighted by Gasteiger charge is 2.22. The summed E-state index contributed by atoms with van der Waals surface area (Å²) in [5.41, 5.74) is 4.85. The molecule has 1 aromatic heterocycles. The summed E-state index contributed by atoms with van der Waals surface area (Å²) in [5.74, 6) is -2.17. The maximum Gasteiger partial charge on any atom is 0.326 e. The summed E-state index contributed by atoms with van der Waals surface area (Å²) in [7, 11) is 0. The Kier molecular flexibility index (Phi) is 4.34. The Morgan fingerprint density at radius 1 is 1.53 bits per heavy atom. The van der Waals surface area contributed by atoms with Gasteiger partial charge in [0.2, 0.25) is 5.91 Å². The van der Waals surface area contributed by atoms with Gasteiger partial charge in [0.1, 0.15) is 11.0 Å². The lowest BCUT2D eigenvalue weighted by molar-refractivity contribution is -0.140. The first kappa shape index (κ1) is 12.8. The van der Waals surface area contributed by atoms with E-state index < -0.39 is 30.4 Å². The highest BCUT2D eigenvalue weighted by molar-refractivity contribution is 7.10. The summed E-state index contributed by atoms with van der Waals surface area (Å²) in [5, 5.41) is 16.9. The molecule has 1 rings (SSSR count). The second-order valence-electron chi connectivity index (χ2n) is 2.94. The van der Waals surface area contributed by atoms with Crippen LogP contribution in [0.4, 0.5) is 9.80 Å². The van der Waals surface area contributed by atoms with Gasteiger partial charge in [0.05, 0.1) is 12.6 Å². The van der Waals surface area contributed by atoms with Crippen LogP contribution in [0.3, 0.4) is 0 Å². The van der Waals surface area contributed by atoms with Crippen LogP contribution in [0.2, 0.25) is 0 Å². The number of anilines is 1. The van der Waals surface area contributed by atoms with Crippen molar-refractivity contribution >= 4 is 34.4 Å². The predicted molar refractivity (Wildman–Crippen MR) is 57.3 cm³/mol. The smallest absolute Gasteiger partial charge is 0.326 e. The lowest BCUT2D eigenvalue weighted by Gasteiger charge is -2.12. The first-order valence-electron chi connectivity index (χ1n) is 4.35. The molecule has 0 aliphatic heterocycles. The molecule has 0 saturated heterocycles. The number of rotatable bonds is 5. The van der Waals surface area contributed by atoms with Crippen LogP contribution < -0.4 is 16.4 Å². The minimum atomic E-state index is -1.37. The Bertz CT molecular complexity index is 420. The van der Waals surface area contributed by atoms with Crippen molar-refractivity contribution < 1.29 is 19.5 Å². The van der Waals surface area contributed by atoms with Crippen molar-refractivity contribution in [2.45, 2.75) is 12.5 Å². The Balaban J connectivity index is 2.52. The van der Waals surface area contributed by atoms with E-state index in [0.717, 1.165) is 11.5 Å². The van der Waals surface area contributed by atoms with Crippen molar-refractivity contribution in [3.05, 3.63) is 6.20 Å². The number of hydrogen-bond acceptors (Lipinski definition) is 6. The molecule has 0 saturated carbocycles. The summed E-state index contributed by atoms with van der Waals surface area (Å²) in [6.07, 6.45) is 0.817. The molecule has 17 heavy (non-hydrogen) atoms. The third-order valence-corrected chi connectivity index (χ3v) is 2.19. The molecule has 9 nitrogen and oxygen atoms in total. The van der Waals surface area contributed by atoms with Gasteiger partial charge in [-0.15, -0.1) is 5.10 Å². The maximum atomic E-state index is 11.3. The first-order valence-corrected chi connectivity index (χ1v) is 5.12. The Morgan fingerprint density at radius 2 is 2.24 bits per heavy atom. The second kappa shape index (κ2) is 5.75. The number of nitrogens with two attached hydrogens (primary N) is 1. The third kappa shape index (κ3) is 4.42. The Hall–Kier alpha value is -2.23. The predicted octanol–water partition coefficient (Wildman–Crippen LogP) is -1.01. The molecule has 92 valence electrons. The van der Waals surface area contributed by atoms with Gasteiger partial charge in [-0.25, -0.2) is 9.59 Å². The number of amides is 3. The van der Waals surface area contributed by atoms with E-state index in [9.17, 15) is 14.4 Å². The van der Waals surface area contributed by atoms with Crippen molar-refractivity contribution in [3.63, 3.8) is 0 Å². The number of primary amides is 1. The molecule has 0 aliphatic carbocycles. The van der Waals surface area contributed by atoms with Crippen LogP contribution in [0.5, 0.6) is 0 Å². The van der Waals surface area contributed by atoms with Crippen LogP contribution in [0, 0.1) is 0 Å². The highest BCUT2D eigenvalue weighted by atomic mass is 32.1. The molecule has 1 atom stereocenters. The van der Waals surface area contributed by atoms with Crippen molar-refractivity contribution in [3.8, 4) is 0 Å². The fourth-order valence-corrected chi connectivity index (χ4v) is 1.34. The normalized spacial score (nSPS) is 11.5. The van der Waals surface area contributed by atoms with Crippen LogP contribution in [-0.4, -0.2) is 38.6 Å². The Labute approximate surface area is 99.2 Å². The molecular formula is C7H9N5O4S. The molecule has 0 fully saturated rings. The van der Waals surface area contributed by atoms with E-state index in [2.05, 4.69) is 20.2 Å². The number of urea groups is 1. The topological polar surface area (TPSA) is 147 Å². The zero-order valence-electron chi connectivity index (χ0n) is 8.41. The minimum absolute atomic E-state index is 0.353. The molecule has 5 N–H and O–H groups in total. The summed E-state index contributed by atoms with van der Waals surface area (Å²) in [6.45, 7) is 0. The van der Waals surface area contributed by atoms with Crippen LogP contribution in [0.25, 0.3) is 0 Å². The lowest BCUT2D eigenvalue weighted by atomic mass is 10.2. The molecule has 3 amide bonds. The van der Waals surface area contributed by atoms with E-state index in [1.807, 2.05) is 0 Å². The number of hydrogen-bond donors (Lipinski definition) is 4. The van der Waals surface area contributed by atoms with Crippen molar-refractivity contribution in [1.29, 1.82) is 0 Å². The van der Waals surface area contributed by atoms with Gasteiger partial charge in [-0.05, 0) is 0 Å². The zero-order chi connectivity index (χ0) is 12.8. The highest BCUT2D eigenvalue weighted by Crippen LogP contribution is 2.08. The molecule has 0 bridgehead atoms. The van der Waals surface area contributed by atoms with Gasteiger partial charge in [-0.1, -0.05) is 4.49 Å². The van der Waals surface area contributed by atoms with Crippen LogP contribution in [0.1, 0.15) is 6.42 Å². The van der Waals surface area contributed by atoms with Gasteiger partial charge in [0, 0.05) is 11.5 Å². The van der Waals surface area contributed by atoms with Gasteiger partial charge < -0.3 is 16.2 Å². The van der Waals surface area contributed by atoms with Gasteiger partial charge in [-0.2, -0.15) is 0 Å². The largest absolute Gasteiger partial charge is 0.480 e. The average Bonchev–Trinajstić information content (AvgIpc) is 2.68. The molecule has 0 aromatic carbocycles. The number of nitrogens with zero attached hydrogens (tertiary/aromatic N) is 2. The number of aromatic nitrogens is 2. The maximum absolute atomic E-state index is 11.3. The van der Waals surface area contributed by atoms with Gasteiger partial charge in [0.25, 0.3) is 0 Å². The molecule has 0 aliphatic rings. The number of carboxylic acid groups (broad SMARTS) is 1. The van der Waals surface area contributed by atoms with Gasteiger partial charge >= 0.3 is 12.0 Å². The van der Waals surface area contributed by atoms with Gasteiger partial charge in [0.15, 0.2) is 0 Å². The van der Waals surface area contributed by atoms with E-state index in [1.54, 1.807) is 0 Å². The summed E-state index contributed by atoms with van der Waals surface area (Å²) >= 11 is 0.929. The Morgan fingerprint density at radius 3 is 2.71 bits per heavy atom. The fourth-order valence-electron chi connectivity index (χ4n) is 0.930. The number of carbonyl (C=O) groups excluding carboxylic acids is 2. The van der Waals surface area contributed by atoms with E-state index in [0.29, 0.717) is 5.00 Å². The summed E-state index contributed by atoms with van der Waals surface area (Å²) < 4.78 is 3.50. The number of carbonyl (C=O) groups is 3. The molecule has 1 aromatic rings. The lowest BCUT2D eigenvalue weighted by Crippen LogP contribution is -2.45. The second-order valence-corrected chi connectivity index (χ2v) is 3.73. The average molecular weight is 259 g/mol. The first-order chi connectivity index (χ1) is 7.99. The monoisotopic (exact) mass is 259 g/mol. The van der Waals surface area contributed by atoms with Crippen molar-refractivity contribution in [1.82, 2.24) is 14.9 Å². The van der Waals surface area contributed by atoms with Crippen molar-refractivity contribution in [2.24, 2.45) is 5.73 Å². The van der Waals surface area contributed by atoms with E-state index in [1.165, 1.54) is 6.20 Å². The molecule has 1 unspecified atom stereocenters. The van der Waals surface area contributed by atoms with E-state index >= 15 is 0 Å². The van der Waals surface area contributed by atoms with Crippen LogP contribution in [0.15, 0.2) is 6.20 Å². The van der Waals surface area contributed by atoms with Gasteiger partial charge in [-0.3, -0.25) is 10.1 Å².